The normalized spacial score (nSPS) is 15.1. The molecule has 0 fully saturated rings. The molecule has 0 amide bonds. The number of fused-ring (bicyclic) bond motifs is 3. The molecule has 146 valence electrons. The second-order valence-corrected chi connectivity index (χ2v) is 11.8. The molecule has 1 aromatic heterocycles. The first-order valence-electron chi connectivity index (χ1n) is 8.46. The summed E-state index contributed by atoms with van der Waals surface area (Å²) in [5, 5.41) is 0. The van der Waals surface area contributed by atoms with Crippen LogP contribution in [0.25, 0.3) is 10.4 Å². The van der Waals surface area contributed by atoms with E-state index in [0.717, 1.165) is 24.3 Å². The van der Waals surface area contributed by atoms with Crippen molar-refractivity contribution in [2.45, 2.75) is 24.3 Å². The molecule has 0 aliphatic carbocycles. The first-order valence-corrected chi connectivity index (χ1v) is 12.3. The number of benzene rings is 2. The van der Waals surface area contributed by atoms with Gasteiger partial charge in [-0.2, -0.15) is 0 Å². The molecule has 0 spiro atoms. The third kappa shape index (κ3) is 2.84. The van der Waals surface area contributed by atoms with E-state index < -0.39 is 15.6 Å². The fraction of sp³-hybridized carbons (Fsp3) is 0.200. The molecule has 0 unspecified atom stereocenters. The van der Waals surface area contributed by atoms with Crippen LogP contribution in [0.15, 0.2) is 61.7 Å². The monoisotopic (exact) mass is 541 g/mol. The minimum absolute atomic E-state index is 0.223. The summed E-state index contributed by atoms with van der Waals surface area (Å²) >= 11 is 8.70. The summed E-state index contributed by atoms with van der Waals surface area (Å²) in [6.07, 6.45) is 0. The minimum atomic E-state index is -3.83. The van der Waals surface area contributed by atoms with Gasteiger partial charge in [0, 0.05) is 0 Å². The van der Waals surface area contributed by atoms with Crippen molar-refractivity contribution in [2.75, 3.05) is 11.4 Å². The minimum Gasteiger partial charge on any atom is -0.497 e. The van der Waals surface area contributed by atoms with Gasteiger partial charge in [0.05, 0.1) is 36.4 Å². The van der Waals surface area contributed by atoms with Gasteiger partial charge in [-0.3, -0.25) is 4.31 Å². The standard InChI is InChI=1S/C20H17Br2NO3S2/c1-20(2)15-7-5-4-6-14(15)18-17(16(21)19(22)27-18)23(20)28(24,25)13-10-8-12(26-3)9-11-13/h4-11H,1-3H3. The van der Waals surface area contributed by atoms with E-state index >= 15 is 0 Å². The number of anilines is 1. The van der Waals surface area contributed by atoms with Crippen molar-refractivity contribution in [1.29, 1.82) is 0 Å². The van der Waals surface area contributed by atoms with Crippen molar-refractivity contribution in [2.24, 2.45) is 0 Å². The largest absolute Gasteiger partial charge is 0.497 e. The maximum atomic E-state index is 13.8. The van der Waals surface area contributed by atoms with Crippen molar-refractivity contribution in [3.8, 4) is 16.2 Å². The number of methoxy groups -OCH3 is 1. The molecule has 4 rings (SSSR count). The Balaban J connectivity index is 2.01. The predicted octanol–water partition coefficient (Wildman–Crippen LogP) is 6.39. The van der Waals surface area contributed by atoms with E-state index in [1.807, 2.05) is 38.1 Å². The molecule has 0 bridgehead atoms. The summed E-state index contributed by atoms with van der Waals surface area (Å²) in [5.41, 5.74) is 1.92. The third-order valence-corrected chi connectivity index (χ3v) is 10.4. The zero-order valence-electron chi connectivity index (χ0n) is 15.4. The molecule has 0 N–H and O–H groups in total. The zero-order chi connectivity index (χ0) is 20.3. The van der Waals surface area contributed by atoms with Gasteiger partial charge in [0.1, 0.15) is 5.75 Å². The topological polar surface area (TPSA) is 46.6 Å². The van der Waals surface area contributed by atoms with Gasteiger partial charge < -0.3 is 4.74 Å². The number of thiophene rings is 1. The van der Waals surface area contributed by atoms with Gasteiger partial charge in [-0.25, -0.2) is 8.42 Å². The molecule has 2 heterocycles. The number of sulfonamides is 1. The van der Waals surface area contributed by atoms with Crippen LogP contribution >= 0.6 is 43.2 Å². The van der Waals surface area contributed by atoms with Gasteiger partial charge in [0.15, 0.2) is 0 Å². The summed E-state index contributed by atoms with van der Waals surface area (Å²) in [5.74, 6) is 0.613. The van der Waals surface area contributed by atoms with Crippen LogP contribution in [-0.4, -0.2) is 15.5 Å². The number of rotatable bonds is 3. The highest BCUT2D eigenvalue weighted by molar-refractivity contribution is 9.13. The van der Waals surface area contributed by atoms with E-state index in [4.69, 9.17) is 4.74 Å². The molecule has 0 saturated carbocycles. The average molecular weight is 543 g/mol. The molecule has 0 saturated heterocycles. The Morgan fingerprint density at radius 2 is 1.68 bits per heavy atom. The van der Waals surface area contributed by atoms with E-state index in [-0.39, 0.29) is 4.90 Å². The van der Waals surface area contributed by atoms with Crippen LogP contribution in [0.5, 0.6) is 5.75 Å². The fourth-order valence-corrected chi connectivity index (χ4v) is 7.97. The van der Waals surface area contributed by atoms with Crippen molar-refractivity contribution >= 4 is 58.9 Å². The van der Waals surface area contributed by atoms with E-state index in [0.29, 0.717) is 11.4 Å². The number of hydrogen-bond donors (Lipinski definition) is 0. The Morgan fingerprint density at radius 1 is 1.04 bits per heavy atom. The highest BCUT2D eigenvalue weighted by Crippen LogP contribution is 2.58. The van der Waals surface area contributed by atoms with E-state index in [1.165, 1.54) is 15.6 Å². The van der Waals surface area contributed by atoms with Crippen molar-refractivity contribution < 1.29 is 13.2 Å². The molecular weight excluding hydrogens is 526 g/mol. The molecule has 1 aliphatic rings. The average Bonchev–Trinajstić information content (AvgIpc) is 2.96. The Hall–Kier alpha value is -1.35. The van der Waals surface area contributed by atoms with Gasteiger partial charge in [0.25, 0.3) is 10.0 Å². The van der Waals surface area contributed by atoms with E-state index in [9.17, 15) is 8.42 Å². The Labute approximate surface area is 185 Å². The zero-order valence-corrected chi connectivity index (χ0v) is 20.2. The molecule has 2 aromatic carbocycles. The molecule has 3 aromatic rings. The Bertz CT molecular complexity index is 1170. The van der Waals surface area contributed by atoms with Crippen LogP contribution < -0.4 is 9.04 Å². The number of nitrogens with zero attached hydrogens (tertiary/aromatic N) is 1. The first kappa shape index (κ1) is 19.9. The van der Waals surface area contributed by atoms with Gasteiger partial charge in [0.2, 0.25) is 0 Å². The Kier molecular flexibility index (Phi) is 4.89. The van der Waals surface area contributed by atoms with Crippen molar-refractivity contribution in [1.82, 2.24) is 0 Å². The molecule has 0 atom stereocenters. The van der Waals surface area contributed by atoms with E-state index in [1.54, 1.807) is 31.4 Å². The fourth-order valence-electron chi connectivity index (χ4n) is 3.62. The van der Waals surface area contributed by atoms with Crippen LogP contribution in [0.3, 0.4) is 0 Å². The molecule has 1 aliphatic heterocycles. The number of ether oxygens (including phenoxy) is 1. The van der Waals surface area contributed by atoms with Crippen LogP contribution in [0.2, 0.25) is 0 Å². The lowest BCUT2D eigenvalue weighted by Crippen LogP contribution is -2.48. The van der Waals surface area contributed by atoms with Gasteiger partial charge >= 0.3 is 0 Å². The lowest BCUT2D eigenvalue weighted by molar-refractivity contribution is 0.414. The SMILES string of the molecule is COc1ccc(S(=O)(=O)N2c3c(sc(Br)c3Br)-c3ccccc3C2(C)C)cc1. The summed E-state index contributed by atoms with van der Waals surface area (Å²) < 4.78 is 35.9. The molecule has 8 heteroatoms. The summed E-state index contributed by atoms with van der Waals surface area (Å²) in [4.78, 5) is 1.15. The quantitative estimate of drug-likeness (QED) is 0.385. The van der Waals surface area contributed by atoms with Gasteiger partial charge in [-0.15, -0.1) is 11.3 Å². The van der Waals surface area contributed by atoms with Crippen LogP contribution in [0.4, 0.5) is 5.69 Å². The number of hydrogen-bond acceptors (Lipinski definition) is 4. The third-order valence-electron chi connectivity index (χ3n) is 4.93. The molecule has 4 nitrogen and oxygen atoms in total. The second-order valence-electron chi connectivity index (χ2n) is 6.92. The summed E-state index contributed by atoms with van der Waals surface area (Å²) in [6, 6.07) is 14.5. The smallest absolute Gasteiger partial charge is 0.265 e. The van der Waals surface area contributed by atoms with Crippen molar-refractivity contribution in [3.05, 3.63) is 62.4 Å². The first-order chi connectivity index (χ1) is 13.2. The van der Waals surface area contributed by atoms with Crippen LogP contribution in [0, 0.1) is 0 Å². The lowest BCUT2D eigenvalue weighted by Gasteiger charge is -2.44. The lowest BCUT2D eigenvalue weighted by atomic mass is 9.86. The highest BCUT2D eigenvalue weighted by atomic mass is 79.9. The summed E-state index contributed by atoms with van der Waals surface area (Å²) in [7, 11) is -2.27. The molecule has 0 radical (unpaired) electrons. The van der Waals surface area contributed by atoms with Crippen LogP contribution in [0.1, 0.15) is 19.4 Å². The number of halogens is 2. The molecule has 28 heavy (non-hydrogen) atoms. The predicted molar refractivity (Wildman–Crippen MR) is 121 cm³/mol. The van der Waals surface area contributed by atoms with Crippen LogP contribution in [-0.2, 0) is 15.6 Å². The highest BCUT2D eigenvalue weighted by Gasteiger charge is 2.46. The van der Waals surface area contributed by atoms with Crippen molar-refractivity contribution in [3.63, 3.8) is 0 Å². The molecular formula is C20H17Br2NO3S2. The maximum absolute atomic E-state index is 13.8. The van der Waals surface area contributed by atoms with Gasteiger partial charge in [-0.05, 0) is 81.1 Å². The van der Waals surface area contributed by atoms with E-state index in [2.05, 4.69) is 31.9 Å². The maximum Gasteiger partial charge on any atom is 0.265 e. The second kappa shape index (κ2) is 6.86. The Morgan fingerprint density at radius 3 is 2.32 bits per heavy atom. The summed E-state index contributed by atoms with van der Waals surface area (Å²) in [6.45, 7) is 3.88. The van der Waals surface area contributed by atoms with Gasteiger partial charge in [-0.1, -0.05) is 24.3 Å².